The van der Waals surface area contributed by atoms with E-state index in [1.54, 1.807) is 36.4 Å². The van der Waals surface area contributed by atoms with Gasteiger partial charge in [-0.1, -0.05) is 35.9 Å². The summed E-state index contributed by atoms with van der Waals surface area (Å²) in [5, 5.41) is 3.38. The first-order valence-electron chi connectivity index (χ1n) is 9.68. The molecule has 2 aliphatic carbocycles. The second-order valence-electron chi connectivity index (χ2n) is 7.98. The first-order chi connectivity index (χ1) is 13.9. The molecule has 2 aromatic carbocycles. The van der Waals surface area contributed by atoms with Crippen molar-refractivity contribution in [2.45, 2.75) is 13.3 Å². The monoisotopic (exact) mass is 406 g/mol. The molecule has 4 atom stereocenters. The third-order valence-corrected chi connectivity index (χ3v) is 6.52. The summed E-state index contributed by atoms with van der Waals surface area (Å²) < 4.78 is 0. The van der Waals surface area contributed by atoms with E-state index >= 15 is 0 Å². The number of hydrogen-bond acceptors (Lipinski definition) is 3. The van der Waals surface area contributed by atoms with Gasteiger partial charge in [0.25, 0.3) is 5.91 Å². The Kier molecular flexibility index (Phi) is 4.10. The normalized spacial score (nSPS) is 26.9. The van der Waals surface area contributed by atoms with E-state index in [2.05, 4.69) is 17.5 Å². The molecule has 1 N–H and O–H groups in total. The number of imide groups is 1. The van der Waals surface area contributed by atoms with Crippen molar-refractivity contribution in [1.82, 2.24) is 0 Å². The van der Waals surface area contributed by atoms with Gasteiger partial charge in [0.05, 0.1) is 17.5 Å². The minimum absolute atomic E-state index is 0.153. The number of hydrogen-bond donors (Lipinski definition) is 1. The summed E-state index contributed by atoms with van der Waals surface area (Å²) in [4.78, 5) is 40.0. The lowest BCUT2D eigenvalue weighted by molar-refractivity contribution is -0.123. The van der Waals surface area contributed by atoms with E-state index in [0.29, 0.717) is 22.0 Å². The molecule has 146 valence electrons. The number of nitrogens with one attached hydrogen (secondary N) is 1. The van der Waals surface area contributed by atoms with Crippen molar-refractivity contribution in [3.05, 3.63) is 70.8 Å². The molecule has 2 fully saturated rings. The van der Waals surface area contributed by atoms with E-state index in [0.717, 1.165) is 12.0 Å². The number of aryl methyl sites for hydroxylation is 1. The van der Waals surface area contributed by atoms with Gasteiger partial charge in [0.2, 0.25) is 11.8 Å². The number of nitrogens with zero attached hydrogens (tertiary/aromatic N) is 1. The van der Waals surface area contributed by atoms with Gasteiger partial charge in [0.15, 0.2) is 0 Å². The van der Waals surface area contributed by atoms with Crippen LogP contribution in [0.3, 0.4) is 0 Å². The number of halogens is 1. The van der Waals surface area contributed by atoms with Crippen LogP contribution in [0.1, 0.15) is 22.3 Å². The highest BCUT2D eigenvalue weighted by Gasteiger charge is 2.59. The summed E-state index contributed by atoms with van der Waals surface area (Å²) in [7, 11) is 0. The lowest BCUT2D eigenvalue weighted by atomic mass is 9.85. The molecule has 29 heavy (non-hydrogen) atoms. The van der Waals surface area contributed by atoms with Crippen LogP contribution in [-0.4, -0.2) is 17.7 Å². The summed E-state index contributed by atoms with van der Waals surface area (Å²) >= 11 is 6.03. The number of fused-ring (bicyclic) bond motifs is 5. The van der Waals surface area contributed by atoms with Gasteiger partial charge in [-0.25, -0.2) is 4.90 Å². The van der Waals surface area contributed by atoms with Crippen molar-refractivity contribution in [2.24, 2.45) is 23.7 Å². The van der Waals surface area contributed by atoms with Crippen molar-refractivity contribution >= 4 is 40.7 Å². The molecule has 6 heteroatoms. The van der Waals surface area contributed by atoms with Gasteiger partial charge in [0.1, 0.15) is 0 Å². The van der Waals surface area contributed by atoms with Crippen LogP contribution in [0.2, 0.25) is 5.02 Å². The SMILES string of the molecule is Cc1ccc(Cl)cc1NC(=O)c1cccc(N2C(=O)[C@H]3[C@H](C2=O)[C@H]2C=C[C@H]3C2)c1. The predicted octanol–water partition coefficient (Wildman–Crippen LogP) is 4.21. The average molecular weight is 407 g/mol. The zero-order valence-corrected chi connectivity index (χ0v) is 16.5. The lowest BCUT2D eigenvalue weighted by Gasteiger charge is -2.18. The van der Waals surface area contributed by atoms with Crippen molar-refractivity contribution in [3.63, 3.8) is 0 Å². The molecule has 0 aromatic heterocycles. The maximum atomic E-state index is 13.0. The molecule has 1 saturated carbocycles. The van der Waals surface area contributed by atoms with Gasteiger partial charge in [-0.05, 0) is 61.1 Å². The zero-order chi connectivity index (χ0) is 20.3. The lowest BCUT2D eigenvalue weighted by Crippen LogP contribution is -2.33. The molecule has 5 nitrogen and oxygen atoms in total. The fourth-order valence-electron chi connectivity index (χ4n) is 4.87. The Labute approximate surface area is 173 Å². The molecule has 2 bridgehead atoms. The van der Waals surface area contributed by atoms with Crippen LogP contribution in [0.4, 0.5) is 11.4 Å². The third-order valence-electron chi connectivity index (χ3n) is 6.28. The summed E-state index contributed by atoms with van der Waals surface area (Å²) in [5.74, 6) is -0.834. The second kappa shape index (κ2) is 6.56. The molecule has 0 radical (unpaired) electrons. The molecular formula is C23H19ClN2O3. The predicted molar refractivity (Wildman–Crippen MR) is 111 cm³/mol. The summed E-state index contributed by atoms with van der Waals surface area (Å²) in [5.41, 5.74) is 2.34. The molecular weight excluding hydrogens is 388 g/mol. The summed E-state index contributed by atoms with van der Waals surface area (Å²) in [6, 6.07) is 11.9. The first-order valence-corrected chi connectivity index (χ1v) is 10.1. The van der Waals surface area contributed by atoms with Crippen LogP contribution in [0.5, 0.6) is 0 Å². The molecule has 0 unspecified atom stereocenters. The van der Waals surface area contributed by atoms with Gasteiger partial charge >= 0.3 is 0 Å². The van der Waals surface area contributed by atoms with Crippen LogP contribution in [0.15, 0.2) is 54.6 Å². The number of benzene rings is 2. The maximum absolute atomic E-state index is 13.0. The van der Waals surface area contributed by atoms with Crippen molar-refractivity contribution in [2.75, 3.05) is 10.2 Å². The molecule has 0 spiro atoms. The number of anilines is 2. The van der Waals surface area contributed by atoms with Gasteiger partial charge in [-0.2, -0.15) is 0 Å². The molecule has 3 aliphatic rings. The molecule has 3 amide bonds. The molecule has 1 aliphatic heterocycles. The highest BCUT2D eigenvalue weighted by atomic mass is 35.5. The van der Waals surface area contributed by atoms with Crippen LogP contribution in [0, 0.1) is 30.6 Å². The summed E-state index contributed by atoms with van der Waals surface area (Å²) in [6.07, 6.45) is 5.03. The molecule has 2 aromatic rings. The minimum atomic E-state index is -0.321. The Bertz CT molecular complexity index is 1060. The Morgan fingerprint density at radius 3 is 2.41 bits per heavy atom. The van der Waals surface area contributed by atoms with E-state index in [1.165, 1.54) is 4.90 Å². The first kappa shape index (κ1) is 18.1. The van der Waals surface area contributed by atoms with E-state index in [9.17, 15) is 14.4 Å². The van der Waals surface area contributed by atoms with Crippen LogP contribution in [-0.2, 0) is 9.59 Å². The molecule has 1 saturated heterocycles. The van der Waals surface area contributed by atoms with Crippen molar-refractivity contribution in [1.29, 1.82) is 0 Å². The van der Waals surface area contributed by atoms with Crippen molar-refractivity contribution < 1.29 is 14.4 Å². The third kappa shape index (κ3) is 2.80. The van der Waals surface area contributed by atoms with E-state index in [1.807, 2.05) is 13.0 Å². The zero-order valence-electron chi connectivity index (χ0n) is 15.8. The van der Waals surface area contributed by atoms with Gasteiger partial charge < -0.3 is 5.32 Å². The van der Waals surface area contributed by atoms with Crippen molar-refractivity contribution in [3.8, 4) is 0 Å². The topological polar surface area (TPSA) is 66.5 Å². The smallest absolute Gasteiger partial charge is 0.255 e. The largest absolute Gasteiger partial charge is 0.322 e. The maximum Gasteiger partial charge on any atom is 0.255 e. The second-order valence-corrected chi connectivity index (χ2v) is 8.41. The number of allylic oxidation sites excluding steroid dienone is 2. The highest BCUT2D eigenvalue weighted by Crippen LogP contribution is 2.53. The molecule has 1 heterocycles. The summed E-state index contributed by atoms with van der Waals surface area (Å²) in [6.45, 7) is 1.88. The fraction of sp³-hybridized carbons (Fsp3) is 0.261. The standard InChI is InChI=1S/C23H19ClN2O3/c1-12-5-8-16(24)11-18(12)25-21(27)15-3-2-4-17(10-15)26-22(28)19-13-6-7-14(9-13)20(19)23(26)29/h2-8,10-11,13-14,19-20H,9H2,1H3,(H,25,27)/t13-,14-,19+,20+/m0/s1. The number of carbonyl (C=O) groups excluding carboxylic acids is 3. The number of rotatable bonds is 3. The molecule has 5 rings (SSSR count). The number of amides is 3. The minimum Gasteiger partial charge on any atom is -0.322 e. The quantitative estimate of drug-likeness (QED) is 0.613. The van der Waals surface area contributed by atoms with Gasteiger partial charge in [-0.3, -0.25) is 14.4 Å². The van der Waals surface area contributed by atoms with Gasteiger partial charge in [-0.15, -0.1) is 0 Å². The van der Waals surface area contributed by atoms with Gasteiger partial charge in [0, 0.05) is 16.3 Å². The Hall–Kier alpha value is -2.92. The Balaban J connectivity index is 1.42. The van der Waals surface area contributed by atoms with Crippen LogP contribution >= 0.6 is 11.6 Å². The highest BCUT2D eigenvalue weighted by molar-refractivity contribution is 6.31. The Morgan fingerprint density at radius 2 is 1.72 bits per heavy atom. The Morgan fingerprint density at radius 1 is 1.03 bits per heavy atom. The van der Waals surface area contributed by atoms with E-state index in [4.69, 9.17) is 11.6 Å². The number of carbonyl (C=O) groups is 3. The fourth-order valence-corrected chi connectivity index (χ4v) is 5.04. The van der Waals surface area contributed by atoms with E-state index < -0.39 is 0 Å². The van der Waals surface area contributed by atoms with Crippen LogP contribution in [0.25, 0.3) is 0 Å². The average Bonchev–Trinajstić information content (AvgIpc) is 3.38. The van der Waals surface area contributed by atoms with E-state index in [-0.39, 0.29) is 41.4 Å². The van der Waals surface area contributed by atoms with Crippen LogP contribution < -0.4 is 10.2 Å².